The lowest BCUT2D eigenvalue weighted by molar-refractivity contribution is -0.160. The minimum Gasteiger partial charge on any atom is -0.480 e. The van der Waals surface area contributed by atoms with Crippen LogP contribution in [0.15, 0.2) is 0 Å². The van der Waals surface area contributed by atoms with Gasteiger partial charge in [0, 0.05) is 19.1 Å². The number of aliphatic carboxylic acids is 1. The van der Waals surface area contributed by atoms with Gasteiger partial charge < -0.3 is 5.11 Å². The average Bonchev–Trinajstić information content (AvgIpc) is 1.78. The molecule has 0 aliphatic heterocycles. The predicted molar refractivity (Wildman–Crippen MR) is 39.4 cm³/mol. The van der Waals surface area contributed by atoms with Crippen molar-refractivity contribution in [2.45, 2.75) is 23.5 Å². The van der Waals surface area contributed by atoms with E-state index in [-0.39, 0.29) is 0 Å². The van der Waals surface area contributed by atoms with Crippen LogP contribution in [0, 0.1) is 0 Å². The number of rotatable bonds is 2. The largest absolute Gasteiger partial charge is 0.480 e. The van der Waals surface area contributed by atoms with E-state index < -0.39 is 39.3 Å². The van der Waals surface area contributed by atoms with Crippen molar-refractivity contribution in [1.29, 1.82) is 0 Å². The van der Waals surface area contributed by atoms with Gasteiger partial charge in [0.15, 0.2) is 14.6 Å². The molecule has 1 saturated carbocycles. The van der Waals surface area contributed by atoms with Gasteiger partial charge in [-0.25, -0.2) is 17.2 Å². The Hall–Kier alpha value is -0.720. The van der Waals surface area contributed by atoms with Crippen LogP contribution < -0.4 is 0 Å². The van der Waals surface area contributed by atoms with Gasteiger partial charge in [-0.1, -0.05) is 0 Å². The standard InChI is InChI=1S/C6H8F2O4S/c1-13(11,12)5(4(9)10)2-6(7,8)3-5/h2-3H2,1H3,(H,9,10). The van der Waals surface area contributed by atoms with Crippen molar-refractivity contribution in [2.24, 2.45) is 0 Å². The van der Waals surface area contributed by atoms with E-state index in [0.29, 0.717) is 6.26 Å². The van der Waals surface area contributed by atoms with Gasteiger partial charge in [-0.05, 0) is 0 Å². The number of halogens is 2. The van der Waals surface area contributed by atoms with Crippen LogP contribution in [0.1, 0.15) is 12.8 Å². The van der Waals surface area contributed by atoms with Crippen LogP contribution >= 0.6 is 0 Å². The maximum absolute atomic E-state index is 12.4. The number of hydrogen-bond acceptors (Lipinski definition) is 3. The summed E-state index contributed by atoms with van der Waals surface area (Å²) in [5.41, 5.74) is 0. The zero-order valence-electron chi connectivity index (χ0n) is 6.75. The van der Waals surface area contributed by atoms with Gasteiger partial charge in [-0.15, -0.1) is 0 Å². The van der Waals surface area contributed by atoms with Crippen LogP contribution in [0.2, 0.25) is 0 Å². The average molecular weight is 214 g/mol. The minimum absolute atomic E-state index is 0.663. The van der Waals surface area contributed by atoms with E-state index >= 15 is 0 Å². The highest BCUT2D eigenvalue weighted by Gasteiger charge is 2.67. The van der Waals surface area contributed by atoms with E-state index in [1.165, 1.54) is 0 Å². The second kappa shape index (κ2) is 2.40. The smallest absolute Gasteiger partial charge is 0.325 e. The van der Waals surface area contributed by atoms with Crippen LogP contribution in [0.5, 0.6) is 0 Å². The zero-order valence-corrected chi connectivity index (χ0v) is 7.57. The maximum Gasteiger partial charge on any atom is 0.325 e. The van der Waals surface area contributed by atoms with Crippen molar-refractivity contribution in [1.82, 2.24) is 0 Å². The number of carboxylic acid groups (broad SMARTS) is 1. The fourth-order valence-corrected chi connectivity index (χ4v) is 2.62. The summed E-state index contributed by atoms with van der Waals surface area (Å²) in [6, 6.07) is 0. The first-order valence-electron chi connectivity index (χ1n) is 3.42. The predicted octanol–water partition coefficient (Wildman–Crippen LogP) is 0.283. The lowest BCUT2D eigenvalue weighted by Gasteiger charge is -2.41. The number of alkyl halides is 2. The lowest BCUT2D eigenvalue weighted by atomic mass is 9.80. The summed E-state index contributed by atoms with van der Waals surface area (Å²) in [6.07, 6.45) is -1.57. The molecule has 1 N–H and O–H groups in total. The lowest BCUT2D eigenvalue weighted by Crippen LogP contribution is -2.61. The number of hydrogen-bond donors (Lipinski definition) is 1. The van der Waals surface area contributed by atoms with Gasteiger partial charge in [0.2, 0.25) is 0 Å². The van der Waals surface area contributed by atoms with Gasteiger partial charge in [-0.2, -0.15) is 0 Å². The summed E-state index contributed by atoms with van der Waals surface area (Å²) in [4.78, 5) is 10.5. The molecule has 0 atom stereocenters. The molecule has 0 amide bonds. The molecule has 1 aliphatic rings. The first-order chi connectivity index (χ1) is 5.61. The second-order valence-corrected chi connectivity index (χ2v) is 5.61. The van der Waals surface area contributed by atoms with Crippen LogP contribution in [-0.4, -0.2) is 36.4 Å². The molecule has 0 aromatic heterocycles. The second-order valence-electron chi connectivity index (χ2n) is 3.28. The number of sulfone groups is 1. The molecule has 0 bridgehead atoms. The minimum atomic E-state index is -3.98. The van der Waals surface area contributed by atoms with E-state index in [4.69, 9.17) is 5.11 Å². The van der Waals surface area contributed by atoms with Gasteiger partial charge in [0.25, 0.3) is 5.92 Å². The molecule has 0 unspecified atom stereocenters. The molecule has 4 nitrogen and oxygen atoms in total. The fraction of sp³-hybridized carbons (Fsp3) is 0.833. The Morgan fingerprint density at radius 1 is 1.38 bits per heavy atom. The van der Waals surface area contributed by atoms with E-state index in [9.17, 15) is 22.0 Å². The van der Waals surface area contributed by atoms with E-state index in [1.807, 2.05) is 0 Å². The van der Waals surface area contributed by atoms with E-state index in [1.54, 1.807) is 0 Å². The molecule has 0 spiro atoms. The summed E-state index contributed by atoms with van der Waals surface area (Å²) in [6.45, 7) is 0. The van der Waals surface area contributed by atoms with Gasteiger partial charge in [-0.3, -0.25) is 4.79 Å². The molecule has 0 aromatic rings. The quantitative estimate of drug-likeness (QED) is 0.716. The van der Waals surface area contributed by atoms with Crippen molar-refractivity contribution in [3.8, 4) is 0 Å². The number of carboxylic acids is 1. The first kappa shape index (κ1) is 10.4. The molecule has 13 heavy (non-hydrogen) atoms. The van der Waals surface area contributed by atoms with E-state index in [0.717, 1.165) is 0 Å². The van der Waals surface area contributed by atoms with Gasteiger partial charge >= 0.3 is 5.97 Å². The van der Waals surface area contributed by atoms with E-state index in [2.05, 4.69) is 0 Å². The van der Waals surface area contributed by atoms with Crippen LogP contribution in [-0.2, 0) is 14.6 Å². The third-order valence-electron chi connectivity index (χ3n) is 2.19. The third kappa shape index (κ3) is 1.41. The molecule has 0 aromatic carbocycles. The van der Waals surface area contributed by atoms with Crippen molar-refractivity contribution in [3.63, 3.8) is 0 Å². The summed E-state index contributed by atoms with van der Waals surface area (Å²) >= 11 is 0. The maximum atomic E-state index is 12.4. The molecule has 0 saturated heterocycles. The fourth-order valence-electron chi connectivity index (χ4n) is 1.36. The summed E-state index contributed by atoms with van der Waals surface area (Å²) in [7, 11) is -3.98. The van der Waals surface area contributed by atoms with Crippen LogP contribution in [0.3, 0.4) is 0 Å². The summed E-state index contributed by atoms with van der Waals surface area (Å²) < 4.78 is 44.4. The van der Waals surface area contributed by atoms with Crippen LogP contribution in [0.4, 0.5) is 8.78 Å². The van der Waals surface area contributed by atoms with Crippen LogP contribution in [0.25, 0.3) is 0 Å². The first-order valence-corrected chi connectivity index (χ1v) is 5.31. The third-order valence-corrected chi connectivity index (χ3v) is 4.07. The summed E-state index contributed by atoms with van der Waals surface area (Å²) in [5.74, 6) is -4.86. The molecule has 0 radical (unpaired) electrons. The Morgan fingerprint density at radius 2 is 1.77 bits per heavy atom. The van der Waals surface area contributed by atoms with Crippen molar-refractivity contribution < 1.29 is 27.1 Å². The molecule has 1 aliphatic carbocycles. The highest BCUT2D eigenvalue weighted by molar-refractivity contribution is 7.93. The van der Waals surface area contributed by atoms with Crippen molar-refractivity contribution in [2.75, 3.05) is 6.26 Å². The number of carbonyl (C=O) groups is 1. The van der Waals surface area contributed by atoms with Gasteiger partial charge in [0.05, 0.1) is 0 Å². The molecule has 76 valence electrons. The topological polar surface area (TPSA) is 71.4 Å². The Labute approximate surface area is 73.5 Å². The van der Waals surface area contributed by atoms with Gasteiger partial charge in [0.1, 0.15) is 0 Å². The molecular weight excluding hydrogens is 206 g/mol. The summed E-state index contributed by atoms with van der Waals surface area (Å²) in [5, 5.41) is 8.54. The molecule has 1 rings (SSSR count). The Bertz CT molecular complexity index is 338. The molecule has 7 heteroatoms. The molecule has 1 fully saturated rings. The Balaban J connectivity index is 3.05. The highest BCUT2D eigenvalue weighted by Crippen LogP contribution is 2.50. The monoisotopic (exact) mass is 214 g/mol. The SMILES string of the molecule is CS(=O)(=O)C1(C(=O)O)CC(F)(F)C1. The molecule has 0 heterocycles. The zero-order chi connectivity index (χ0) is 10.5. The normalized spacial score (nSPS) is 24.8. The Morgan fingerprint density at radius 3 is 1.85 bits per heavy atom. The Kier molecular flexibility index (Phi) is 1.91. The van der Waals surface area contributed by atoms with Crippen molar-refractivity contribution >= 4 is 15.8 Å². The van der Waals surface area contributed by atoms with Crippen molar-refractivity contribution in [3.05, 3.63) is 0 Å². The molecular formula is C6H8F2O4S. The highest BCUT2D eigenvalue weighted by atomic mass is 32.2.